The summed E-state index contributed by atoms with van der Waals surface area (Å²) in [5.41, 5.74) is 7.75. The molecule has 21 heavy (non-hydrogen) atoms. The molecule has 0 heterocycles. The second-order valence-electron chi connectivity index (χ2n) is 4.54. The van der Waals surface area contributed by atoms with E-state index in [9.17, 15) is 0 Å². The largest absolute Gasteiger partial charge is 0.496 e. The van der Waals surface area contributed by atoms with Crippen LogP contribution in [0.25, 0.3) is 0 Å². The molecule has 2 aromatic rings. The molecule has 0 aromatic heterocycles. The molecule has 4 nitrogen and oxygen atoms in total. The van der Waals surface area contributed by atoms with E-state index in [-0.39, 0.29) is 0 Å². The van der Waals surface area contributed by atoms with Gasteiger partial charge in [0.05, 0.1) is 13.7 Å². The number of benzene rings is 2. The van der Waals surface area contributed by atoms with Crippen molar-refractivity contribution >= 4 is 0 Å². The Balaban J connectivity index is 1.99. The molecule has 0 unspecified atom stereocenters. The summed E-state index contributed by atoms with van der Waals surface area (Å²) < 4.78 is 16.4. The molecule has 0 amide bonds. The van der Waals surface area contributed by atoms with Crippen LogP contribution in [-0.2, 0) is 13.2 Å². The van der Waals surface area contributed by atoms with Crippen LogP contribution >= 0.6 is 0 Å². The van der Waals surface area contributed by atoms with Gasteiger partial charge in [-0.25, -0.2) is 0 Å². The first-order chi connectivity index (χ1) is 10.3. The fraction of sp³-hybridized carbons (Fsp3) is 0.294. The predicted octanol–water partition coefficient (Wildman–Crippen LogP) is 3.13. The Morgan fingerprint density at radius 3 is 2.19 bits per heavy atom. The molecule has 0 radical (unpaired) electrons. The molecule has 0 bridgehead atoms. The summed E-state index contributed by atoms with van der Waals surface area (Å²) in [6.07, 6.45) is 0. The van der Waals surface area contributed by atoms with Crippen LogP contribution in [0, 0.1) is 0 Å². The summed E-state index contributed by atoms with van der Waals surface area (Å²) in [5.74, 6) is 2.46. The highest BCUT2D eigenvalue weighted by Gasteiger charge is 2.04. The number of methoxy groups -OCH3 is 1. The number of hydrogen-bond acceptors (Lipinski definition) is 4. The Morgan fingerprint density at radius 2 is 1.62 bits per heavy atom. The SMILES string of the molecule is CCOc1ccc(OCc2ccc(OC)c(CN)c2)cc1. The van der Waals surface area contributed by atoms with Gasteiger partial charge in [-0.05, 0) is 48.9 Å². The zero-order valence-electron chi connectivity index (χ0n) is 12.5. The topological polar surface area (TPSA) is 53.7 Å². The molecule has 2 rings (SSSR count). The third-order valence-corrected chi connectivity index (χ3v) is 3.10. The molecular weight excluding hydrogens is 266 g/mol. The Kier molecular flexibility index (Phi) is 5.46. The Morgan fingerprint density at radius 1 is 0.952 bits per heavy atom. The van der Waals surface area contributed by atoms with Gasteiger partial charge >= 0.3 is 0 Å². The average Bonchev–Trinajstić information content (AvgIpc) is 2.54. The van der Waals surface area contributed by atoms with Crippen molar-refractivity contribution in [1.82, 2.24) is 0 Å². The van der Waals surface area contributed by atoms with E-state index in [0.717, 1.165) is 28.4 Å². The van der Waals surface area contributed by atoms with Gasteiger partial charge in [-0.2, -0.15) is 0 Å². The van der Waals surface area contributed by atoms with E-state index in [4.69, 9.17) is 19.9 Å². The predicted molar refractivity (Wildman–Crippen MR) is 82.8 cm³/mol. The molecule has 0 aliphatic carbocycles. The van der Waals surface area contributed by atoms with E-state index < -0.39 is 0 Å². The molecule has 0 aliphatic heterocycles. The van der Waals surface area contributed by atoms with Gasteiger partial charge in [0.1, 0.15) is 23.9 Å². The van der Waals surface area contributed by atoms with E-state index in [1.165, 1.54) is 0 Å². The van der Waals surface area contributed by atoms with Gasteiger partial charge in [0.25, 0.3) is 0 Å². The molecule has 0 spiro atoms. The van der Waals surface area contributed by atoms with Crippen molar-refractivity contribution in [3.63, 3.8) is 0 Å². The minimum absolute atomic E-state index is 0.445. The normalized spacial score (nSPS) is 10.2. The van der Waals surface area contributed by atoms with E-state index in [1.54, 1.807) is 7.11 Å². The number of rotatable bonds is 7. The molecule has 0 saturated carbocycles. The maximum Gasteiger partial charge on any atom is 0.123 e. The van der Waals surface area contributed by atoms with Crippen LogP contribution in [0.3, 0.4) is 0 Å². The summed E-state index contributed by atoms with van der Waals surface area (Å²) in [5, 5.41) is 0. The van der Waals surface area contributed by atoms with Gasteiger partial charge in [-0.3, -0.25) is 0 Å². The summed E-state index contributed by atoms with van der Waals surface area (Å²) in [6, 6.07) is 13.5. The lowest BCUT2D eigenvalue weighted by Crippen LogP contribution is -2.02. The zero-order chi connectivity index (χ0) is 15.1. The summed E-state index contributed by atoms with van der Waals surface area (Å²) in [7, 11) is 1.64. The summed E-state index contributed by atoms with van der Waals surface area (Å²) in [4.78, 5) is 0. The second-order valence-corrected chi connectivity index (χ2v) is 4.54. The quantitative estimate of drug-likeness (QED) is 0.850. The number of ether oxygens (including phenoxy) is 3. The molecule has 112 valence electrons. The van der Waals surface area contributed by atoms with Gasteiger partial charge in [0.15, 0.2) is 0 Å². The van der Waals surface area contributed by atoms with Gasteiger partial charge in [0, 0.05) is 12.1 Å². The van der Waals surface area contributed by atoms with Crippen molar-refractivity contribution in [2.75, 3.05) is 13.7 Å². The highest BCUT2D eigenvalue weighted by molar-refractivity contribution is 5.37. The molecule has 0 fully saturated rings. The van der Waals surface area contributed by atoms with Crippen molar-refractivity contribution in [2.45, 2.75) is 20.1 Å². The van der Waals surface area contributed by atoms with Crippen molar-refractivity contribution in [3.8, 4) is 17.2 Å². The van der Waals surface area contributed by atoms with Crippen molar-refractivity contribution in [2.24, 2.45) is 5.73 Å². The highest BCUT2D eigenvalue weighted by Crippen LogP contribution is 2.22. The third kappa shape index (κ3) is 4.13. The van der Waals surface area contributed by atoms with Crippen LogP contribution in [0.2, 0.25) is 0 Å². The fourth-order valence-corrected chi connectivity index (χ4v) is 2.05. The first-order valence-corrected chi connectivity index (χ1v) is 6.98. The molecule has 4 heteroatoms. The zero-order valence-corrected chi connectivity index (χ0v) is 12.5. The fourth-order valence-electron chi connectivity index (χ4n) is 2.05. The molecule has 2 aromatic carbocycles. The van der Waals surface area contributed by atoms with Gasteiger partial charge < -0.3 is 19.9 Å². The van der Waals surface area contributed by atoms with E-state index in [0.29, 0.717) is 19.8 Å². The van der Waals surface area contributed by atoms with Gasteiger partial charge in [0.2, 0.25) is 0 Å². The summed E-state index contributed by atoms with van der Waals surface area (Å²) in [6.45, 7) is 3.56. The molecule has 0 atom stereocenters. The van der Waals surface area contributed by atoms with Crippen LogP contribution in [0.1, 0.15) is 18.1 Å². The molecule has 0 aliphatic rings. The minimum Gasteiger partial charge on any atom is -0.496 e. The Hall–Kier alpha value is -2.20. The second kappa shape index (κ2) is 7.55. The molecular formula is C17H21NO3. The van der Waals surface area contributed by atoms with Crippen molar-refractivity contribution < 1.29 is 14.2 Å². The van der Waals surface area contributed by atoms with Crippen molar-refractivity contribution in [1.29, 1.82) is 0 Å². The van der Waals surface area contributed by atoms with Crippen LogP contribution < -0.4 is 19.9 Å². The molecule has 2 N–H and O–H groups in total. The minimum atomic E-state index is 0.445. The maximum atomic E-state index is 5.76. The first kappa shape index (κ1) is 15.2. The lowest BCUT2D eigenvalue weighted by Gasteiger charge is -2.11. The van der Waals surface area contributed by atoms with E-state index in [2.05, 4.69) is 0 Å². The Labute approximate surface area is 125 Å². The third-order valence-electron chi connectivity index (χ3n) is 3.10. The highest BCUT2D eigenvalue weighted by atomic mass is 16.5. The average molecular weight is 287 g/mol. The Bertz CT molecular complexity index is 567. The summed E-state index contributed by atoms with van der Waals surface area (Å²) >= 11 is 0. The van der Waals surface area contributed by atoms with Crippen LogP contribution in [0.4, 0.5) is 0 Å². The smallest absolute Gasteiger partial charge is 0.123 e. The van der Waals surface area contributed by atoms with Crippen molar-refractivity contribution in [3.05, 3.63) is 53.6 Å². The van der Waals surface area contributed by atoms with Gasteiger partial charge in [-0.1, -0.05) is 6.07 Å². The number of hydrogen-bond donors (Lipinski definition) is 1. The monoisotopic (exact) mass is 287 g/mol. The standard InChI is InChI=1S/C17H21NO3/c1-3-20-15-5-7-16(8-6-15)21-12-13-4-9-17(19-2)14(10-13)11-18/h4-10H,3,11-12,18H2,1-2H3. The lowest BCUT2D eigenvalue weighted by atomic mass is 10.1. The van der Waals surface area contributed by atoms with Gasteiger partial charge in [-0.15, -0.1) is 0 Å². The van der Waals surface area contributed by atoms with Crippen LogP contribution in [0.5, 0.6) is 17.2 Å². The maximum absolute atomic E-state index is 5.76. The first-order valence-electron chi connectivity index (χ1n) is 6.98. The van der Waals surface area contributed by atoms with E-state index >= 15 is 0 Å². The molecule has 0 saturated heterocycles. The van der Waals surface area contributed by atoms with E-state index in [1.807, 2.05) is 49.4 Å². The van der Waals surface area contributed by atoms with Crippen LogP contribution in [0.15, 0.2) is 42.5 Å². The van der Waals surface area contributed by atoms with Crippen LogP contribution in [-0.4, -0.2) is 13.7 Å². The lowest BCUT2D eigenvalue weighted by molar-refractivity contribution is 0.303. The number of nitrogens with two attached hydrogens (primary N) is 1.